The average molecular weight is 195 g/mol. The predicted molar refractivity (Wildman–Crippen MR) is 51.6 cm³/mol. The van der Waals surface area contributed by atoms with E-state index >= 15 is 0 Å². The molecule has 0 aliphatic carbocycles. The Morgan fingerprint density at radius 2 is 1.93 bits per heavy atom. The zero-order valence-corrected chi connectivity index (χ0v) is 8.47. The van der Waals surface area contributed by atoms with Crippen LogP contribution in [0.3, 0.4) is 0 Å². The summed E-state index contributed by atoms with van der Waals surface area (Å²) in [4.78, 5) is 24.6. The van der Waals surface area contributed by atoms with Gasteiger partial charge in [0.2, 0.25) is 0 Å². The number of nitrogens with one attached hydrogen (secondary N) is 1. The largest absolute Gasteiger partial charge is 0.481 e. The minimum absolute atomic E-state index is 0.0344. The first kappa shape index (κ1) is 10.5. The van der Waals surface area contributed by atoms with Crippen molar-refractivity contribution >= 4 is 11.8 Å². The number of rotatable bonds is 3. The van der Waals surface area contributed by atoms with Gasteiger partial charge < -0.3 is 10.1 Å². The lowest BCUT2D eigenvalue weighted by atomic mass is 10.1. The van der Waals surface area contributed by atoms with Crippen molar-refractivity contribution in [3.8, 4) is 0 Å². The van der Waals surface area contributed by atoms with E-state index in [0.717, 1.165) is 11.3 Å². The molecule has 0 aliphatic rings. The number of aryl methyl sites for hydroxylation is 1. The number of ketones is 1. The van der Waals surface area contributed by atoms with Crippen LogP contribution in [0.1, 0.15) is 34.2 Å². The zero-order valence-electron chi connectivity index (χ0n) is 8.47. The molecule has 0 radical (unpaired) electrons. The molecule has 4 nitrogen and oxygen atoms in total. The quantitative estimate of drug-likeness (QED) is 0.717. The second-order valence-electron chi connectivity index (χ2n) is 3.36. The fraction of sp³-hybridized carbons (Fsp3) is 0.400. The molecule has 0 fully saturated rings. The molecule has 0 bridgehead atoms. The Kier molecular flexibility index (Phi) is 2.74. The molecule has 1 aromatic heterocycles. The second-order valence-corrected chi connectivity index (χ2v) is 3.36. The van der Waals surface area contributed by atoms with Gasteiger partial charge in [0.1, 0.15) is 0 Å². The lowest BCUT2D eigenvalue weighted by Gasteiger charge is -1.96. The molecular weight excluding hydrogens is 182 g/mol. The van der Waals surface area contributed by atoms with E-state index in [4.69, 9.17) is 5.11 Å². The van der Waals surface area contributed by atoms with Crippen LogP contribution in [0.15, 0.2) is 0 Å². The maximum Gasteiger partial charge on any atom is 0.309 e. The Bertz CT molecular complexity index is 390. The third-order valence-electron chi connectivity index (χ3n) is 2.22. The number of carbonyl (C=O) groups excluding carboxylic acids is 1. The van der Waals surface area contributed by atoms with E-state index in [-0.39, 0.29) is 12.2 Å². The number of carboxylic acids is 1. The standard InChI is InChI=1S/C10H13NO3/c1-5-8(4-9(13)14)11-6(2)10(5)7(3)12/h11H,4H2,1-3H3,(H,13,14). The van der Waals surface area contributed by atoms with Crippen molar-refractivity contribution in [3.05, 3.63) is 22.5 Å². The highest BCUT2D eigenvalue weighted by atomic mass is 16.4. The number of aliphatic carboxylic acids is 1. The third kappa shape index (κ3) is 1.84. The zero-order chi connectivity index (χ0) is 10.9. The van der Waals surface area contributed by atoms with Crippen molar-refractivity contribution in [1.29, 1.82) is 0 Å². The van der Waals surface area contributed by atoms with Crippen molar-refractivity contribution in [1.82, 2.24) is 4.98 Å². The summed E-state index contributed by atoms with van der Waals surface area (Å²) in [5, 5.41) is 8.63. The van der Waals surface area contributed by atoms with Crippen LogP contribution in [0.2, 0.25) is 0 Å². The van der Waals surface area contributed by atoms with Crippen LogP contribution in [0.25, 0.3) is 0 Å². The first-order valence-electron chi connectivity index (χ1n) is 4.34. The van der Waals surface area contributed by atoms with E-state index in [0.29, 0.717) is 11.3 Å². The summed E-state index contributed by atoms with van der Waals surface area (Å²) in [6.07, 6.45) is -0.0695. The van der Waals surface area contributed by atoms with Crippen LogP contribution < -0.4 is 0 Å². The lowest BCUT2D eigenvalue weighted by Crippen LogP contribution is -2.02. The van der Waals surface area contributed by atoms with Crippen molar-refractivity contribution < 1.29 is 14.7 Å². The SMILES string of the molecule is CC(=O)c1c(C)[nH]c(CC(=O)O)c1C. The van der Waals surface area contributed by atoms with E-state index < -0.39 is 5.97 Å². The van der Waals surface area contributed by atoms with Gasteiger partial charge in [-0.1, -0.05) is 0 Å². The summed E-state index contributed by atoms with van der Waals surface area (Å²) >= 11 is 0. The first-order chi connectivity index (χ1) is 6.43. The van der Waals surface area contributed by atoms with Gasteiger partial charge in [-0.2, -0.15) is 0 Å². The smallest absolute Gasteiger partial charge is 0.309 e. The normalized spacial score (nSPS) is 10.2. The minimum atomic E-state index is -0.899. The summed E-state index contributed by atoms with van der Waals surface area (Å²) in [7, 11) is 0. The van der Waals surface area contributed by atoms with Gasteiger partial charge in [-0.05, 0) is 26.3 Å². The fourth-order valence-corrected chi connectivity index (χ4v) is 1.67. The molecule has 0 saturated carbocycles. The molecule has 0 atom stereocenters. The molecule has 76 valence electrons. The van der Waals surface area contributed by atoms with Crippen LogP contribution >= 0.6 is 0 Å². The number of Topliss-reactive ketones (excluding diaryl/α,β-unsaturated/α-hetero) is 1. The van der Waals surface area contributed by atoms with E-state index in [9.17, 15) is 9.59 Å². The molecule has 1 heterocycles. The molecule has 0 aliphatic heterocycles. The maximum atomic E-state index is 11.2. The molecule has 0 spiro atoms. The van der Waals surface area contributed by atoms with Crippen LogP contribution in [0, 0.1) is 13.8 Å². The molecule has 2 N–H and O–H groups in total. The van der Waals surface area contributed by atoms with Gasteiger partial charge in [0.25, 0.3) is 0 Å². The van der Waals surface area contributed by atoms with Gasteiger partial charge in [0.05, 0.1) is 6.42 Å². The van der Waals surface area contributed by atoms with Crippen molar-refractivity contribution in [2.45, 2.75) is 27.2 Å². The molecule has 1 rings (SSSR count). The molecule has 4 heteroatoms. The van der Waals surface area contributed by atoms with Gasteiger partial charge >= 0.3 is 5.97 Å². The Morgan fingerprint density at radius 1 is 1.36 bits per heavy atom. The number of H-pyrrole nitrogens is 1. The molecule has 0 aromatic carbocycles. The second kappa shape index (κ2) is 3.65. The van der Waals surface area contributed by atoms with E-state index in [2.05, 4.69) is 4.98 Å². The monoisotopic (exact) mass is 195 g/mol. The molecule has 0 unspecified atom stereocenters. The van der Waals surface area contributed by atoms with Crippen LogP contribution in [-0.2, 0) is 11.2 Å². The number of hydrogen-bond donors (Lipinski definition) is 2. The topological polar surface area (TPSA) is 70.2 Å². The van der Waals surface area contributed by atoms with E-state index in [1.54, 1.807) is 13.8 Å². The van der Waals surface area contributed by atoms with Crippen LogP contribution in [0.5, 0.6) is 0 Å². The van der Waals surface area contributed by atoms with Gasteiger partial charge in [-0.25, -0.2) is 0 Å². The highest BCUT2D eigenvalue weighted by Gasteiger charge is 2.16. The van der Waals surface area contributed by atoms with Gasteiger partial charge in [0.15, 0.2) is 5.78 Å². The van der Waals surface area contributed by atoms with Gasteiger partial charge in [-0.3, -0.25) is 9.59 Å². The number of carbonyl (C=O) groups is 2. The summed E-state index contributed by atoms with van der Waals surface area (Å²) in [6.45, 7) is 5.02. The summed E-state index contributed by atoms with van der Waals surface area (Å²) in [6, 6.07) is 0. The van der Waals surface area contributed by atoms with Crippen LogP contribution in [-0.4, -0.2) is 21.8 Å². The van der Waals surface area contributed by atoms with Crippen LogP contribution in [0.4, 0.5) is 0 Å². The number of hydrogen-bond acceptors (Lipinski definition) is 2. The number of aromatic nitrogens is 1. The van der Waals surface area contributed by atoms with Gasteiger partial charge in [0, 0.05) is 17.0 Å². The van der Waals surface area contributed by atoms with E-state index in [1.165, 1.54) is 6.92 Å². The predicted octanol–water partition coefficient (Wildman–Crippen LogP) is 1.46. The third-order valence-corrected chi connectivity index (χ3v) is 2.22. The fourth-order valence-electron chi connectivity index (χ4n) is 1.67. The van der Waals surface area contributed by atoms with E-state index in [1.807, 2.05) is 0 Å². The van der Waals surface area contributed by atoms with Crippen molar-refractivity contribution in [2.24, 2.45) is 0 Å². The molecule has 0 saturated heterocycles. The summed E-state index contributed by atoms with van der Waals surface area (Å²) in [5.41, 5.74) is 2.71. The Morgan fingerprint density at radius 3 is 2.29 bits per heavy atom. The highest BCUT2D eigenvalue weighted by molar-refractivity contribution is 5.97. The minimum Gasteiger partial charge on any atom is -0.481 e. The number of aromatic amines is 1. The van der Waals surface area contributed by atoms with Crippen molar-refractivity contribution in [2.75, 3.05) is 0 Å². The van der Waals surface area contributed by atoms with Crippen molar-refractivity contribution in [3.63, 3.8) is 0 Å². The Balaban J connectivity index is 3.16. The van der Waals surface area contributed by atoms with Gasteiger partial charge in [-0.15, -0.1) is 0 Å². The Hall–Kier alpha value is -1.58. The summed E-state index contributed by atoms with van der Waals surface area (Å²) < 4.78 is 0. The summed E-state index contributed by atoms with van der Waals surface area (Å²) in [5.74, 6) is -0.933. The Labute approximate surface area is 81.9 Å². The lowest BCUT2D eigenvalue weighted by molar-refractivity contribution is -0.136. The molecular formula is C10H13NO3. The number of carboxylic acid groups (broad SMARTS) is 1. The molecule has 14 heavy (non-hydrogen) atoms. The first-order valence-corrected chi connectivity index (χ1v) is 4.34. The molecule has 1 aromatic rings. The maximum absolute atomic E-state index is 11.2. The molecule has 0 amide bonds. The highest BCUT2D eigenvalue weighted by Crippen LogP contribution is 2.18. The average Bonchev–Trinajstić information content (AvgIpc) is 2.25.